The molecule has 0 saturated carbocycles. The zero-order valence-corrected chi connectivity index (χ0v) is 18.9. The van der Waals surface area contributed by atoms with E-state index in [0.29, 0.717) is 30.1 Å². The highest BCUT2D eigenvalue weighted by molar-refractivity contribution is 7.98. The van der Waals surface area contributed by atoms with E-state index in [1.54, 1.807) is 24.0 Å². The zero-order valence-electron chi connectivity index (χ0n) is 18.0. The predicted octanol–water partition coefficient (Wildman–Crippen LogP) is 4.30. The van der Waals surface area contributed by atoms with E-state index in [4.69, 9.17) is 9.15 Å². The van der Waals surface area contributed by atoms with Gasteiger partial charge in [-0.25, -0.2) is 9.78 Å². The fraction of sp³-hybridized carbons (Fsp3) is 0.292. The molecule has 0 aliphatic heterocycles. The fourth-order valence-electron chi connectivity index (χ4n) is 3.29. The second kappa shape index (κ2) is 11.5. The van der Waals surface area contributed by atoms with Crippen molar-refractivity contribution in [3.8, 4) is 11.1 Å². The topological polar surface area (TPSA) is 102 Å². The van der Waals surface area contributed by atoms with Gasteiger partial charge >= 0.3 is 5.97 Å². The number of aryl methyl sites for hydroxylation is 1. The smallest absolute Gasteiger partial charge is 0.326 e. The number of nitrogens with zero attached hydrogens (tertiary/aromatic N) is 1. The van der Waals surface area contributed by atoms with Gasteiger partial charge < -0.3 is 19.6 Å². The summed E-state index contributed by atoms with van der Waals surface area (Å²) < 4.78 is 10.9. The average Bonchev–Trinajstić information content (AvgIpc) is 3.30. The number of oxazole rings is 1. The van der Waals surface area contributed by atoms with Crippen LogP contribution in [0.25, 0.3) is 11.1 Å². The first-order chi connectivity index (χ1) is 15.5. The van der Waals surface area contributed by atoms with Crippen LogP contribution in [-0.4, -0.2) is 40.0 Å². The molecule has 0 radical (unpaired) electrons. The Morgan fingerprint density at radius 1 is 1.19 bits per heavy atom. The van der Waals surface area contributed by atoms with Gasteiger partial charge in [0.2, 0.25) is 0 Å². The number of carbonyl (C=O) groups excluding carboxylic acids is 1. The molecule has 0 aliphatic carbocycles. The van der Waals surface area contributed by atoms with Crippen LogP contribution in [0.5, 0.6) is 0 Å². The van der Waals surface area contributed by atoms with E-state index < -0.39 is 17.9 Å². The van der Waals surface area contributed by atoms with E-state index in [9.17, 15) is 14.7 Å². The number of thioether (sulfide) groups is 1. The molecule has 1 amide bonds. The second-order valence-corrected chi connectivity index (χ2v) is 8.29. The van der Waals surface area contributed by atoms with Gasteiger partial charge in [-0.15, -0.1) is 0 Å². The maximum absolute atomic E-state index is 13.1. The van der Waals surface area contributed by atoms with E-state index in [1.165, 1.54) is 6.39 Å². The van der Waals surface area contributed by atoms with Crippen LogP contribution in [0.2, 0.25) is 0 Å². The van der Waals surface area contributed by atoms with E-state index in [0.717, 1.165) is 22.3 Å². The van der Waals surface area contributed by atoms with Gasteiger partial charge in [-0.3, -0.25) is 4.79 Å². The number of hydrogen-bond acceptors (Lipinski definition) is 6. The number of carboxylic acid groups (broad SMARTS) is 1. The van der Waals surface area contributed by atoms with Gasteiger partial charge in [0, 0.05) is 5.56 Å². The molecule has 168 valence electrons. The van der Waals surface area contributed by atoms with Crippen molar-refractivity contribution < 1.29 is 23.8 Å². The molecule has 1 atom stereocenters. The lowest BCUT2D eigenvalue weighted by molar-refractivity contribution is -0.139. The Kier molecular flexibility index (Phi) is 8.47. The quantitative estimate of drug-likeness (QED) is 0.445. The highest BCUT2D eigenvalue weighted by Gasteiger charge is 2.22. The lowest BCUT2D eigenvalue weighted by atomic mass is 9.93. The Labute approximate surface area is 191 Å². The van der Waals surface area contributed by atoms with Crippen molar-refractivity contribution in [2.75, 3.05) is 12.0 Å². The fourth-order valence-corrected chi connectivity index (χ4v) is 3.76. The normalized spacial score (nSPS) is 11.8. The minimum absolute atomic E-state index is 0.289. The first-order valence-corrected chi connectivity index (χ1v) is 11.6. The van der Waals surface area contributed by atoms with Crippen molar-refractivity contribution in [1.29, 1.82) is 0 Å². The molecular weight excluding hydrogens is 428 g/mol. The lowest BCUT2D eigenvalue weighted by Crippen LogP contribution is -2.41. The SMILES string of the molecule is CSCCC(NC(=O)c1ccc(COCc2cnco2)cc1-c1ccccc1C)C(=O)O. The predicted molar refractivity (Wildman–Crippen MR) is 124 cm³/mol. The number of benzene rings is 2. The van der Waals surface area contributed by atoms with Gasteiger partial charge in [0.15, 0.2) is 6.39 Å². The molecule has 0 aliphatic rings. The molecule has 0 saturated heterocycles. The number of hydrogen-bond donors (Lipinski definition) is 2. The zero-order chi connectivity index (χ0) is 22.9. The summed E-state index contributed by atoms with van der Waals surface area (Å²) >= 11 is 1.54. The lowest BCUT2D eigenvalue weighted by Gasteiger charge is -2.17. The first-order valence-electron chi connectivity index (χ1n) is 10.2. The second-order valence-electron chi connectivity index (χ2n) is 7.30. The maximum atomic E-state index is 13.1. The molecular formula is C24H26N2O5S. The molecule has 1 aromatic heterocycles. The summed E-state index contributed by atoms with van der Waals surface area (Å²) in [6, 6.07) is 12.3. The molecule has 0 spiro atoms. The third kappa shape index (κ3) is 6.21. The summed E-state index contributed by atoms with van der Waals surface area (Å²) in [6.07, 6.45) is 5.21. The van der Waals surface area contributed by atoms with Gasteiger partial charge in [0.05, 0.1) is 12.8 Å². The molecule has 32 heavy (non-hydrogen) atoms. The van der Waals surface area contributed by atoms with Crippen LogP contribution in [0.3, 0.4) is 0 Å². The van der Waals surface area contributed by atoms with E-state index in [2.05, 4.69) is 10.3 Å². The Bertz CT molecular complexity index is 1050. The Morgan fingerprint density at radius 2 is 2.00 bits per heavy atom. The number of nitrogens with one attached hydrogen (secondary N) is 1. The van der Waals surface area contributed by atoms with Crippen molar-refractivity contribution in [3.05, 3.63) is 77.5 Å². The highest BCUT2D eigenvalue weighted by Crippen LogP contribution is 2.28. The minimum Gasteiger partial charge on any atom is -0.480 e. The Hall–Kier alpha value is -3.10. The Balaban J connectivity index is 1.86. The van der Waals surface area contributed by atoms with E-state index in [1.807, 2.05) is 49.6 Å². The minimum atomic E-state index is -1.04. The standard InChI is InChI=1S/C24H26N2O5S/c1-16-5-3-4-6-19(16)21-11-17(13-30-14-18-12-25-15-31-18)7-8-20(21)23(27)26-22(24(28)29)9-10-32-2/h3-8,11-12,15,22H,9-10,13-14H2,1-2H3,(H,26,27)(H,28,29). The average molecular weight is 455 g/mol. The van der Waals surface area contributed by atoms with Gasteiger partial charge in [-0.2, -0.15) is 11.8 Å². The number of amides is 1. The summed E-state index contributed by atoms with van der Waals surface area (Å²) in [6.45, 7) is 2.59. The summed E-state index contributed by atoms with van der Waals surface area (Å²) in [5.74, 6) is -0.179. The van der Waals surface area contributed by atoms with Gasteiger partial charge in [0.1, 0.15) is 18.4 Å². The molecule has 0 bridgehead atoms. The molecule has 1 heterocycles. The third-order valence-electron chi connectivity index (χ3n) is 4.97. The van der Waals surface area contributed by atoms with E-state index >= 15 is 0 Å². The first kappa shape index (κ1) is 23.6. The van der Waals surface area contributed by atoms with Crippen molar-refractivity contribution in [2.24, 2.45) is 0 Å². The van der Waals surface area contributed by atoms with Crippen LogP contribution in [0.4, 0.5) is 0 Å². The van der Waals surface area contributed by atoms with Crippen LogP contribution < -0.4 is 5.32 Å². The molecule has 8 heteroatoms. The maximum Gasteiger partial charge on any atom is 0.326 e. The van der Waals surface area contributed by atoms with Crippen molar-refractivity contribution in [2.45, 2.75) is 32.6 Å². The van der Waals surface area contributed by atoms with Crippen LogP contribution in [0.1, 0.15) is 33.7 Å². The summed E-state index contributed by atoms with van der Waals surface area (Å²) in [5, 5.41) is 12.2. The van der Waals surface area contributed by atoms with Gasteiger partial charge in [-0.05, 0) is 59.7 Å². The molecule has 7 nitrogen and oxygen atoms in total. The monoisotopic (exact) mass is 454 g/mol. The number of aromatic nitrogens is 1. The molecule has 2 aromatic carbocycles. The van der Waals surface area contributed by atoms with E-state index in [-0.39, 0.29) is 6.61 Å². The summed E-state index contributed by atoms with van der Waals surface area (Å²) in [7, 11) is 0. The number of rotatable bonds is 11. The van der Waals surface area contributed by atoms with Gasteiger partial charge in [0.25, 0.3) is 5.91 Å². The number of carbonyl (C=O) groups is 2. The summed E-state index contributed by atoms with van der Waals surface area (Å²) in [5.41, 5.74) is 3.96. The Morgan fingerprint density at radius 3 is 2.69 bits per heavy atom. The van der Waals surface area contributed by atoms with Crippen molar-refractivity contribution in [3.63, 3.8) is 0 Å². The largest absolute Gasteiger partial charge is 0.480 e. The molecule has 3 aromatic rings. The molecule has 0 fully saturated rings. The van der Waals surface area contributed by atoms with Gasteiger partial charge in [-0.1, -0.05) is 30.3 Å². The van der Waals surface area contributed by atoms with Crippen LogP contribution in [0, 0.1) is 6.92 Å². The molecule has 3 rings (SSSR count). The van der Waals surface area contributed by atoms with Crippen LogP contribution in [-0.2, 0) is 22.7 Å². The molecule has 2 N–H and O–H groups in total. The van der Waals surface area contributed by atoms with Crippen LogP contribution in [0.15, 0.2) is 59.5 Å². The van der Waals surface area contributed by atoms with Crippen molar-refractivity contribution >= 4 is 23.6 Å². The molecule has 1 unspecified atom stereocenters. The number of carboxylic acids is 1. The highest BCUT2D eigenvalue weighted by atomic mass is 32.2. The number of ether oxygens (including phenoxy) is 1. The van der Waals surface area contributed by atoms with Crippen LogP contribution >= 0.6 is 11.8 Å². The van der Waals surface area contributed by atoms with Crippen molar-refractivity contribution in [1.82, 2.24) is 10.3 Å². The number of aliphatic carboxylic acids is 1. The third-order valence-corrected chi connectivity index (χ3v) is 5.62. The summed E-state index contributed by atoms with van der Waals surface area (Å²) in [4.78, 5) is 28.5.